The van der Waals surface area contributed by atoms with E-state index >= 15 is 0 Å². The number of aliphatic hydroxyl groups is 1. The first-order valence-corrected chi connectivity index (χ1v) is 11.1. The van der Waals surface area contributed by atoms with E-state index in [0.717, 1.165) is 44.9 Å². The molecule has 1 atom stereocenters. The first kappa shape index (κ1) is 27.1. The van der Waals surface area contributed by atoms with Crippen LogP contribution in [-0.2, 0) is 10.1 Å². The number of unbranched alkanes of at least 4 members (excludes halogenated alkanes) is 11. The van der Waals surface area contributed by atoms with Gasteiger partial charge in [-0.15, -0.1) is 0 Å². The van der Waals surface area contributed by atoms with Gasteiger partial charge in [0.05, 0.1) is 16.2 Å². The van der Waals surface area contributed by atoms with Gasteiger partial charge in [0, 0.05) is 5.75 Å². The Morgan fingerprint density at radius 3 is 1.54 bits per heavy atom. The predicted octanol–water partition coefficient (Wildman–Crippen LogP) is 1.77. The summed E-state index contributed by atoms with van der Waals surface area (Å²) in [6, 6.07) is 0. The molecular formula is C18H37NaO4S. The Morgan fingerprint density at radius 1 is 0.750 bits per heavy atom. The monoisotopic (exact) mass is 372 g/mol. The summed E-state index contributed by atoms with van der Waals surface area (Å²) in [5.74, 6) is -0.242. The van der Waals surface area contributed by atoms with E-state index in [0.29, 0.717) is 6.42 Å². The van der Waals surface area contributed by atoms with Crippen LogP contribution in [0.25, 0.3) is 0 Å². The first-order valence-electron chi connectivity index (χ1n) is 9.57. The van der Waals surface area contributed by atoms with Crippen molar-refractivity contribution in [1.29, 1.82) is 0 Å². The van der Waals surface area contributed by atoms with Crippen molar-refractivity contribution < 1.29 is 47.6 Å². The van der Waals surface area contributed by atoms with Gasteiger partial charge in [-0.05, 0) is 19.3 Å². The third-order valence-corrected chi connectivity index (χ3v) is 5.11. The summed E-state index contributed by atoms with van der Waals surface area (Å²) in [7, 11) is -4.04. The van der Waals surface area contributed by atoms with E-state index in [1.54, 1.807) is 0 Å². The molecule has 0 aliphatic rings. The predicted molar refractivity (Wildman–Crippen MR) is 95.5 cm³/mol. The number of aliphatic hydroxyl groups excluding tert-OH is 1. The molecule has 0 rings (SSSR count). The zero-order valence-corrected chi connectivity index (χ0v) is 18.8. The van der Waals surface area contributed by atoms with E-state index in [2.05, 4.69) is 6.92 Å². The quantitative estimate of drug-likeness (QED) is 0.240. The van der Waals surface area contributed by atoms with Crippen molar-refractivity contribution in [3.63, 3.8) is 0 Å². The van der Waals surface area contributed by atoms with Gasteiger partial charge in [-0.2, -0.15) is 0 Å². The summed E-state index contributed by atoms with van der Waals surface area (Å²) in [4.78, 5) is 0. The molecule has 0 aliphatic heterocycles. The van der Waals surface area contributed by atoms with E-state index in [9.17, 15) is 18.1 Å². The maximum Gasteiger partial charge on any atom is 1.00 e. The van der Waals surface area contributed by atoms with Crippen LogP contribution in [0.4, 0.5) is 0 Å². The van der Waals surface area contributed by atoms with E-state index < -0.39 is 10.1 Å². The molecule has 0 bridgehead atoms. The smallest absolute Gasteiger partial charge is 0.748 e. The van der Waals surface area contributed by atoms with Gasteiger partial charge in [0.2, 0.25) is 0 Å². The van der Waals surface area contributed by atoms with Gasteiger partial charge in [0.15, 0.2) is 0 Å². The summed E-state index contributed by atoms with van der Waals surface area (Å²) >= 11 is 0. The summed E-state index contributed by atoms with van der Waals surface area (Å²) in [6.07, 6.45) is 16.1. The Bertz CT molecular complexity index is 347. The Morgan fingerprint density at radius 2 is 1.12 bits per heavy atom. The fourth-order valence-electron chi connectivity index (χ4n) is 2.85. The second kappa shape index (κ2) is 18.7. The van der Waals surface area contributed by atoms with Crippen LogP contribution in [0.2, 0.25) is 0 Å². The van der Waals surface area contributed by atoms with Crippen LogP contribution in [0.15, 0.2) is 0 Å². The molecule has 1 unspecified atom stereocenters. The molecule has 0 aromatic heterocycles. The van der Waals surface area contributed by atoms with Crippen molar-refractivity contribution in [3.05, 3.63) is 0 Å². The molecule has 0 aromatic carbocycles. The van der Waals surface area contributed by atoms with Gasteiger partial charge in [-0.3, -0.25) is 0 Å². The maximum absolute atomic E-state index is 10.4. The molecule has 0 spiro atoms. The molecule has 1 N–H and O–H groups in total. The van der Waals surface area contributed by atoms with Crippen LogP contribution < -0.4 is 29.6 Å². The molecule has 6 heteroatoms. The van der Waals surface area contributed by atoms with E-state index in [-0.39, 0.29) is 41.4 Å². The van der Waals surface area contributed by atoms with Crippen molar-refractivity contribution in [2.24, 2.45) is 0 Å². The molecule has 0 radical (unpaired) electrons. The van der Waals surface area contributed by atoms with E-state index in [4.69, 9.17) is 0 Å². The third-order valence-electron chi connectivity index (χ3n) is 4.32. The number of hydrogen-bond donors (Lipinski definition) is 1. The van der Waals surface area contributed by atoms with Crippen LogP contribution >= 0.6 is 0 Å². The van der Waals surface area contributed by atoms with Gasteiger partial charge in [0.25, 0.3) is 0 Å². The van der Waals surface area contributed by atoms with Crippen molar-refractivity contribution in [2.75, 3.05) is 5.75 Å². The topological polar surface area (TPSA) is 77.4 Å². The van der Waals surface area contributed by atoms with Crippen molar-refractivity contribution in [3.8, 4) is 0 Å². The van der Waals surface area contributed by atoms with Gasteiger partial charge < -0.3 is 9.66 Å². The summed E-state index contributed by atoms with van der Waals surface area (Å²) < 4.78 is 31.3. The molecule has 0 heterocycles. The number of rotatable bonds is 17. The summed E-state index contributed by atoms with van der Waals surface area (Å²) in [5.41, 5.74) is 0. The molecule has 0 aliphatic carbocycles. The molecule has 4 nitrogen and oxygen atoms in total. The molecule has 0 amide bonds. The van der Waals surface area contributed by atoms with Crippen LogP contribution in [-0.4, -0.2) is 29.9 Å². The normalized spacial score (nSPS) is 12.8. The van der Waals surface area contributed by atoms with Crippen LogP contribution in [0.1, 0.15) is 103 Å². The standard InChI is InChI=1S/C18H38O4S.Na/c1-2-3-4-5-6-7-9-12-15-18(19)16-13-10-8-11-14-17-23(20,21)22;/h18-19H,2-17H2,1H3,(H,20,21,22);/q;+1/p-1. The maximum atomic E-state index is 10.4. The molecule has 24 heavy (non-hydrogen) atoms. The van der Waals surface area contributed by atoms with Gasteiger partial charge in [-0.25, -0.2) is 8.42 Å². The second-order valence-corrected chi connectivity index (χ2v) is 8.26. The van der Waals surface area contributed by atoms with Crippen LogP contribution in [0.3, 0.4) is 0 Å². The average molecular weight is 373 g/mol. The molecule has 0 aromatic rings. The van der Waals surface area contributed by atoms with Gasteiger partial charge >= 0.3 is 29.6 Å². The van der Waals surface area contributed by atoms with Crippen molar-refractivity contribution in [1.82, 2.24) is 0 Å². The molecule has 0 saturated heterocycles. The Balaban J connectivity index is 0. The summed E-state index contributed by atoms with van der Waals surface area (Å²) in [6.45, 7) is 2.23. The molecule has 0 saturated carbocycles. The average Bonchev–Trinajstić information content (AvgIpc) is 2.48. The second-order valence-electron chi connectivity index (χ2n) is 6.74. The fourth-order valence-corrected chi connectivity index (χ4v) is 3.40. The minimum Gasteiger partial charge on any atom is -0.748 e. The van der Waals surface area contributed by atoms with Gasteiger partial charge in [-0.1, -0.05) is 84.0 Å². The first-order chi connectivity index (χ1) is 11.0. The zero-order chi connectivity index (χ0) is 17.4. The van der Waals surface area contributed by atoms with E-state index in [1.807, 2.05) is 0 Å². The number of hydrogen-bond acceptors (Lipinski definition) is 4. The Labute approximate surface area is 172 Å². The SMILES string of the molecule is CCCCCCCCCCC(O)CCCCCCCS(=O)(=O)[O-].[Na+]. The van der Waals surface area contributed by atoms with Crippen molar-refractivity contribution in [2.45, 2.75) is 109 Å². The van der Waals surface area contributed by atoms with E-state index in [1.165, 1.54) is 44.9 Å². The zero-order valence-electron chi connectivity index (χ0n) is 16.0. The van der Waals surface area contributed by atoms with Gasteiger partial charge in [0.1, 0.15) is 0 Å². The largest absolute Gasteiger partial charge is 1.00 e. The molecular weight excluding hydrogens is 335 g/mol. The Hall–Kier alpha value is 0.870. The molecule has 140 valence electrons. The third kappa shape index (κ3) is 22.9. The van der Waals surface area contributed by atoms with Crippen LogP contribution in [0, 0.1) is 0 Å². The van der Waals surface area contributed by atoms with Crippen molar-refractivity contribution >= 4 is 10.1 Å². The van der Waals surface area contributed by atoms with Crippen LogP contribution in [0.5, 0.6) is 0 Å². The minimum absolute atomic E-state index is 0. The Kier molecular flexibility index (Phi) is 21.1. The molecule has 0 fully saturated rings. The summed E-state index contributed by atoms with van der Waals surface area (Å²) in [5, 5.41) is 9.91. The fraction of sp³-hybridized carbons (Fsp3) is 1.00. The minimum atomic E-state index is -4.04.